The van der Waals surface area contributed by atoms with Gasteiger partial charge in [-0.05, 0) is 18.6 Å². The summed E-state index contributed by atoms with van der Waals surface area (Å²) in [5, 5.41) is 17.8. The summed E-state index contributed by atoms with van der Waals surface area (Å²) in [4.78, 5) is 22.0. The van der Waals surface area contributed by atoms with E-state index in [0.29, 0.717) is 16.9 Å². The highest BCUT2D eigenvalue weighted by atomic mass is 32.2. The van der Waals surface area contributed by atoms with Gasteiger partial charge in [-0.1, -0.05) is 0 Å². The average molecular weight is 323 g/mol. The van der Waals surface area contributed by atoms with Gasteiger partial charge < -0.3 is 14.9 Å². The summed E-state index contributed by atoms with van der Waals surface area (Å²) in [6.45, 7) is 0.685. The quantitative estimate of drug-likeness (QED) is 0.605. The first kappa shape index (κ1) is 16.6. The fraction of sp³-hybridized carbons (Fsp3) is 0.400. The summed E-state index contributed by atoms with van der Waals surface area (Å²) >= 11 is 0.563. The maximum Gasteiger partial charge on any atom is 0.346 e. The second-order valence-electron chi connectivity index (χ2n) is 3.76. The average Bonchev–Trinajstić information content (AvgIpc) is 2.78. The predicted octanol–water partition coefficient (Wildman–Crippen LogP) is -0.433. The van der Waals surface area contributed by atoms with Crippen LogP contribution in [0, 0.1) is 6.92 Å². The molecule has 0 radical (unpaired) electrons. The molecule has 0 saturated carbocycles. The van der Waals surface area contributed by atoms with E-state index in [1.54, 1.807) is 0 Å². The lowest BCUT2D eigenvalue weighted by Crippen LogP contribution is -2.43. The maximum absolute atomic E-state index is 12.0. The number of sulfonamides is 1. The van der Waals surface area contributed by atoms with E-state index >= 15 is 0 Å². The van der Waals surface area contributed by atoms with Crippen LogP contribution in [-0.2, 0) is 19.6 Å². The molecule has 1 rings (SSSR count). The lowest BCUT2D eigenvalue weighted by Gasteiger charge is -2.12. The number of nitrogens with one attached hydrogen (secondary N) is 1. The van der Waals surface area contributed by atoms with Gasteiger partial charge in [0.25, 0.3) is 10.0 Å². The highest BCUT2D eigenvalue weighted by Gasteiger charge is 2.28. The molecule has 0 fully saturated rings. The number of aliphatic hydroxyl groups excluding tert-OH is 1. The van der Waals surface area contributed by atoms with E-state index in [2.05, 4.69) is 4.74 Å². The number of methoxy groups -OCH3 is 1. The Bertz CT molecular complexity index is 620. The zero-order valence-electron chi connectivity index (χ0n) is 10.6. The van der Waals surface area contributed by atoms with Crippen molar-refractivity contribution in [2.24, 2.45) is 0 Å². The van der Waals surface area contributed by atoms with Crippen molar-refractivity contribution in [2.45, 2.75) is 17.2 Å². The van der Waals surface area contributed by atoms with Crippen LogP contribution in [0.2, 0.25) is 0 Å². The Morgan fingerprint density at radius 1 is 1.50 bits per heavy atom. The highest BCUT2D eigenvalue weighted by molar-refractivity contribution is 7.91. The lowest BCUT2D eigenvalue weighted by atomic mass is 10.3. The third kappa shape index (κ3) is 3.54. The highest BCUT2D eigenvalue weighted by Crippen LogP contribution is 2.26. The van der Waals surface area contributed by atoms with Gasteiger partial charge in [-0.15, -0.1) is 11.3 Å². The second kappa shape index (κ2) is 6.31. The molecular formula is C10H13NO7S2. The number of carbonyl (C=O) groups excluding carboxylic acids is 1. The number of thiophene rings is 1. The van der Waals surface area contributed by atoms with Gasteiger partial charge in [-0.2, -0.15) is 4.72 Å². The molecule has 0 aromatic carbocycles. The topological polar surface area (TPSA) is 130 Å². The Kier molecular flexibility index (Phi) is 5.22. The molecule has 0 aliphatic carbocycles. The van der Waals surface area contributed by atoms with E-state index in [0.717, 1.165) is 7.11 Å². The molecule has 3 N–H and O–H groups in total. The van der Waals surface area contributed by atoms with Crippen molar-refractivity contribution in [2.75, 3.05) is 13.7 Å². The van der Waals surface area contributed by atoms with Crippen molar-refractivity contribution in [3.8, 4) is 0 Å². The van der Waals surface area contributed by atoms with E-state index in [1.807, 2.05) is 4.72 Å². The SMILES string of the molecule is COC(=O)C(CO)NS(=O)(=O)c1cc(C)c(C(=O)O)s1. The van der Waals surface area contributed by atoms with Crippen molar-refractivity contribution in [3.63, 3.8) is 0 Å². The number of hydrogen-bond donors (Lipinski definition) is 3. The van der Waals surface area contributed by atoms with E-state index < -0.39 is 34.6 Å². The van der Waals surface area contributed by atoms with Gasteiger partial charge in [0.05, 0.1) is 13.7 Å². The predicted molar refractivity (Wildman–Crippen MR) is 69.2 cm³/mol. The van der Waals surface area contributed by atoms with Gasteiger partial charge in [-0.25, -0.2) is 13.2 Å². The Labute approximate surface area is 119 Å². The molecule has 0 aliphatic rings. The largest absolute Gasteiger partial charge is 0.477 e. The van der Waals surface area contributed by atoms with Crippen LogP contribution < -0.4 is 4.72 Å². The first-order valence-electron chi connectivity index (χ1n) is 5.27. The van der Waals surface area contributed by atoms with Crippen molar-refractivity contribution >= 4 is 33.3 Å². The first-order valence-corrected chi connectivity index (χ1v) is 7.57. The van der Waals surface area contributed by atoms with Crippen LogP contribution in [0.4, 0.5) is 0 Å². The Hall–Kier alpha value is -1.49. The van der Waals surface area contributed by atoms with E-state index in [-0.39, 0.29) is 9.09 Å². The summed E-state index contributed by atoms with van der Waals surface area (Å²) < 4.78 is 30.0. The number of carboxylic acids is 1. The molecule has 1 aromatic rings. The van der Waals surface area contributed by atoms with E-state index in [4.69, 9.17) is 10.2 Å². The number of aromatic carboxylic acids is 1. The minimum absolute atomic E-state index is 0.107. The van der Waals surface area contributed by atoms with Gasteiger partial charge in [0.15, 0.2) is 0 Å². The van der Waals surface area contributed by atoms with Crippen molar-refractivity contribution in [1.82, 2.24) is 4.72 Å². The summed E-state index contributed by atoms with van der Waals surface area (Å²) in [5.41, 5.74) is 0.293. The number of carboxylic acid groups (broad SMARTS) is 1. The number of aryl methyl sites for hydroxylation is 1. The molecule has 8 nitrogen and oxygen atoms in total. The fourth-order valence-corrected chi connectivity index (χ4v) is 3.92. The molecular weight excluding hydrogens is 310 g/mol. The molecule has 0 spiro atoms. The van der Waals surface area contributed by atoms with Crippen LogP contribution in [0.1, 0.15) is 15.2 Å². The van der Waals surface area contributed by atoms with Crippen LogP contribution in [0.3, 0.4) is 0 Å². The zero-order valence-corrected chi connectivity index (χ0v) is 12.2. The Balaban J connectivity index is 3.08. The fourth-order valence-electron chi connectivity index (χ4n) is 1.35. The summed E-state index contributed by atoms with van der Waals surface area (Å²) in [6, 6.07) is -0.261. The first-order chi connectivity index (χ1) is 9.22. The number of carbonyl (C=O) groups is 2. The summed E-state index contributed by atoms with van der Waals surface area (Å²) in [7, 11) is -3.06. The number of aliphatic hydroxyl groups is 1. The van der Waals surface area contributed by atoms with E-state index in [1.165, 1.54) is 13.0 Å². The Morgan fingerprint density at radius 3 is 2.50 bits per heavy atom. The van der Waals surface area contributed by atoms with Crippen LogP contribution in [0.15, 0.2) is 10.3 Å². The molecule has 0 saturated heterocycles. The molecule has 112 valence electrons. The molecule has 1 aromatic heterocycles. The molecule has 10 heteroatoms. The molecule has 0 amide bonds. The number of rotatable bonds is 6. The van der Waals surface area contributed by atoms with Gasteiger partial charge in [0.2, 0.25) is 0 Å². The molecule has 0 aliphatic heterocycles. The third-order valence-electron chi connectivity index (χ3n) is 2.32. The maximum atomic E-state index is 12.0. The summed E-state index contributed by atoms with van der Waals surface area (Å²) in [6.07, 6.45) is 0. The van der Waals surface area contributed by atoms with Crippen molar-refractivity contribution < 1.29 is 33.0 Å². The number of hydrogen-bond acceptors (Lipinski definition) is 7. The number of esters is 1. The molecule has 20 heavy (non-hydrogen) atoms. The minimum atomic E-state index is -4.12. The van der Waals surface area contributed by atoms with Crippen molar-refractivity contribution in [3.05, 3.63) is 16.5 Å². The van der Waals surface area contributed by atoms with Gasteiger partial charge in [0.1, 0.15) is 15.1 Å². The molecule has 1 unspecified atom stereocenters. The number of ether oxygens (including phenoxy) is 1. The normalized spacial score (nSPS) is 12.9. The van der Waals surface area contributed by atoms with Crippen molar-refractivity contribution in [1.29, 1.82) is 0 Å². The van der Waals surface area contributed by atoms with Crippen LogP contribution in [0.25, 0.3) is 0 Å². The third-order valence-corrected chi connectivity index (χ3v) is 5.49. The molecule has 1 heterocycles. The molecule has 0 bridgehead atoms. The van der Waals surface area contributed by atoms with Gasteiger partial charge in [0, 0.05) is 0 Å². The molecule has 1 atom stereocenters. The van der Waals surface area contributed by atoms with Crippen LogP contribution in [0.5, 0.6) is 0 Å². The van der Waals surface area contributed by atoms with E-state index in [9.17, 15) is 18.0 Å². The Morgan fingerprint density at radius 2 is 2.10 bits per heavy atom. The van der Waals surface area contributed by atoms with Gasteiger partial charge in [-0.3, -0.25) is 4.79 Å². The zero-order chi connectivity index (χ0) is 15.5. The van der Waals surface area contributed by atoms with Crippen LogP contribution >= 0.6 is 11.3 Å². The lowest BCUT2D eigenvalue weighted by molar-refractivity contribution is -0.143. The minimum Gasteiger partial charge on any atom is -0.477 e. The van der Waals surface area contributed by atoms with Gasteiger partial charge >= 0.3 is 11.9 Å². The van der Waals surface area contributed by atoms with Crippen LogP contribution in [-0.4, -0.2) is 50.3 Å². The standard InChI is InChI=1S/C10H13NO7S2/c1-5-3-7(19-8(5)9(13)14)20(16,17)11-6(4-12)10(15)18-2/h3,6,11-12H,4H2,1-2H3,(H,13,14). The summed E-state index contributed by atoms with van der Waals surface area (Å²) in [5.74, 6) is -2.18. The monoisotopic (exact) mass is 323 g/mol. The smallest absolute Gasteiger partial charge is 0.346 e. The second-order valence-corrected chi connectivity index (χ2v) is 6.76.